The van der Waals surface area contributed by atoms with Crippen molar-refractivity contribution < 1.29 is 55.3 Å². The van der Waals surface area contributed by atoms with Crippen LogP contribution in [0.4, 0.5) is 26.3 Å². The van der Waals surface area contributed by atoms with E-state index in [2.05, 4.69) is 26.2 Å². The number of aromatic nitrogens is 1. The van der Waals surface area contributed by atoms with Crippen LogP contribution in [0.3, 0.4) is 0 Å². The number of carboxylic acid groups (broad SMARTS) is 2. The fourth-order valence-electron chi connectivity index (χ4n) is 3.62. The summed E-state index contributed by atoms with van der Waals surface area (Å²) in [7, 11) is 0. The van der Waals surface area contributed by atoms with Crippen LogP contribution in [0.1, 0.15) is 23.6 Å². The van der Waals surface area contributed by atoms with Gasteiger partial charge in [0.05, 0.1) is 31.6 Å². The Morgan fingerprint density at radius 1 is 1.00 bits per heavy atom. The summed E-state index contributed by atoms with van der Waals surface area (Å²) in [5.74, 6) is -4.46. The predicted octanol–water partition coefficient (Wildman–Crippen LogP) is 3.87. The van der Waals surface area contributed by atoms with E-state index in [-0.39, 0.29) is 5.60 Å². The van der Waals surface area contributed by atoms with E-state index in [9.17, 15) is 26.3 Å². The number of furan rings is 1. The van der Waals surface area contributed by atoms with Gasteiger partial charge in [-0.25, -0.2) is 14.6 Å². The number of carboxylic acids is 2. The highest BCUT2D eigenvalue weighted by atomic mass is 32.1. The van der Waals surface area contributed by atoms with E-state index < -0.39 is 24.3 Å². The summed E-state index contributed by atoms with van der Waals surface area (Å²) in [5, 5.41) is 17.5. The highest BCUT2D eigenvalue weighted by Crippen LogP contribution is 2.31. The molecule has 2 aliphatic rings. The standard InChI is InChI=1S/C17H23N3O2S.2C2HF3O2/c1-2-15(21-9-1)12-19-6-3-17(4-7-19)14-20(8-10-22-17)13-16-18-5-11-23-16;2*3-2(4,5)1(6)7/h1-2,5,9,11H,3-4,6-8,10,12-14H2;2*(H,6,7). The van der Waals surface area contributed by atoms with Gasteiger partial charge in [0.15, 0.2) is 0 Å². The van der Waals surface area contributed by atoms with Crippen LogP contribution in [0.5, 0.6) is 0 Å². The fourth-order valence-corrected chi connectivity index (χ4v) is 4.28. The molecule has 4 heterocycles. The number of rotatable bonds is 4. The van der Waals surface area contributed by atoms with E-state index >= 15 is 0 Å². The first-order chi connectivity index (χ1) is 17.2. The van der Waals surface area contributed by atoms with Gasteiger partial charge in [-0.15, -0.1) is 11.3 Å². The van der Waals surface area contributed by atoms with Crippen LogP contribution in [-0.2, 0) is 27.4 Å². The number of hydrogen-bond donors (Lipinski definition) is 2. The number of hydrogen-bond acceptors (Lipinski definition) is 8. The third-order valence-corrected chi connectivity index (χ3v) is 6.15. The van der Waals surface area contributed by atoms with Crippen LogP contribution in [0.15, 0.2) is 34.4 Å². The second-order valence-corrected chi connectivity index (χ2v) is 9.11. The molecule has 0 aliphatic carbocycles. The van der Waals surface area contributed by atoms with E-state index in [4.69, 9.17) is 29.0 Å². The second kappa shape index (κ2) is 13.2. The molecule has 0 radical (unpaired) electrons. The molecule has 0 saturated carbocycles. The SMILES string of the molecule is O=C(O)C(F)(F)F.O=C(O)C(F)(F)F.c1coc(CN2CCC3(CC2)CN(Cc2nccs2)CCO3)c1. The zero-order valence-electron chi connectivity index (χ0n) is 19.3. The molecule has 208 valence electrons. The smallest absolute Gasteiger partial charge is 0.475 e. The Labute approximate surface area is 211 Å². The summed E-state index contributed by atoms with van der Waals surface area (Å²) >= 11 is 1.74. The minimum Gasteiger partial charge on any atom is -0.475 e. The number of morpholine rings is 1. The molecule has 0 unspecified atom stereocenters. The Hall–Kier alpha value is -2.69. The maximum Gasteiger partial charge on any atom is 0.490 e. The molecule has 0 atom stereocenters. The van der Waals surface area contributed by atoms with Gasteiger partial charge in [-0.3, -0.25) is 9.80 Å². The van der Waals surface area contributed by atoms with Crippen LogP contribution >= 0.6 is 11.3 Å². The van der Waals surface area contributed by atoms with E-state index in [0.29, 0.717) is 0 Å². The molecule has 1 spiro atoms. The number of carbonyl (C=O) groups is 2. The number of likely N-dealkylation sites (tertiary alicyclic amines) is 1. The van der Waals surface area contributed by atoms with Crippen molar-refractivity contribution in [1.29, 1.82) is 0 Å². The number of thiazole rings is 1. The molecule has 2 saturated heterocycles. The predicted molar refractivity (Wildman–Crippen MR) is 117 cm³/mol. The van der Waals surface area contributed by atoms with Crippen LogP contribution in [0.25, 0.3) is 0 Å². The lowest BCUT2D eigenvalue weighted by Crippen LogP contribution is -2.56. The average molecular weight is 562 g/mol. The van der Waals surface area contributed by atoms with Gasteiger partial charge < -0.3 is 19.4 Å². The zero-order valence-corrected chi connectivity index (χ0v) is 20.1. The first kappa shape index (κ1) is 30.5. The van der Waals surface area contributed by atoms with E-state index in [1.807, 2.05) is 12.3 Å². The lowest BCUT2D eigenvalue weighted by molar-refractivity contribution is -0.193. The number of halogens is 6. The molecule has 2 aliphatic heterocycles. The van der Waals surface area contributed by atoms with Gasteiger partial charge in [0, 0.05) is 37.8 Å². The summed E-state index contributed by atoms with van der Waals surface area (Å²) in [6.07, 6.45) is -4.32. The number of aliphatic carboxylic acids is 2. The molecule has 9 nitrogen and oxygen atoms in total. The molecule has 16 heteroatoms. The highest BCUT2D eigenvalue weighted by molar-refractivity contribution is 7.09. The summed E-state index contributed by atoms with van der Waals surface area (Å²) in [6.45, 7) is 6.89. The van der Waals surface area contributed by atoms with Gasteiger partial charge in [-0.2, -0.15) is 26.3 Å². The number of alkyl halides is 6. The molecular formula is C21H25F6N3O6S. The Bertz CT molecular complexity index is 937. The van der Waals surface area contributed by atoms with Crippen molar-refractivity contribution in [3.05, 3.63) is 40.7 Å². The molecule has 2 aromatic rings. The van der Waals surface area contributed by atoms with Gasteiger partial charge in [0.2, 0.25) is 0 Å². The van der Waals surface area contributed by atoms with Gasteiger partial charge in [0.25, 0.3) is 0 Å². The minimum atomic E-state index is -5.08. The molecule has 0 bridgehead atoms. The molecule has 0 amide bonds. The van der Waals surface area contributed by atoms with E-state index in [1.54, 1.807) is 17.6 Å². The molecule has 0 aromatic carbocycles. The van der Waals surface area contributed by atoms with Gasteiger partial charge in [-0.1, -0.05) is 0 Å². The molecule has 2 aromatic heterocycles. The Kier molecular flexibility index (Phi) is 10.9. The zero-order chi connectivity index (χ0) is 27.7. The van der Waals surface area contributed by atoms with Crippen molar-refractivity contribution in [2.75, 3.05) is 32.8 Å². The fraction of sp³-hybridized carbons (Fsp3) is 0.571. The van der Waals surface area contributed by atoms with E-state index in [0.717, 1.165) is 64.5 Å². The monoisotopic (exact) mass is 561 g/mol. The Balaban J connectivity index is 0.000000286. The topological polar surface area (TPSA) is 116 Å². The average Bonchev–Trinajstić information content (AvgIpc) is 3.50. The van der Waals surface area contributed by atoms with Crippen LogP contribution < -0.4 is 0 Å². The summed E-state index contributed by atoms with van der Waals surface area (Å²) in [5.41, 5.74) is 0.0369. The summed E-state index contributed by atoms with van der Waals surface area (Å²) in [4.78, 5) is 27.2. The Morgan fingerprint density at radius 2 is 1.59 bits per heavy atom. The van der Waals surface area contributed by atoms with Crippen molar-refractivity contribution in [2.45, 2.75) is 43.9 Å². The highest BCUT2D eigenvalue weighted by Gasteiger charge is 2.40. The first-order valence-corrected chi connectivity index (χ1v) is 11.7. The first-order valence-electron chi connectivity index (χ1n) is 10.8. The minimum absolute atomic E-state index is 0.0369. The van der Waals surface area contributed by atoms with Crippen molar-refractivity contribution in [1.82, 2.24) is 14.8 Å². The summed E-state index contributed by atoms with van der Waals surface area (Å²) < 4.78 is 75.2. The van der Waals surface area contributed by atoms with E-state index in [1.165, 1.54) is 5.01 Å². The lowest BCUT2D eigenvalue weighted by atomic mass is 9.89. The molecule has 2 fully saturated rings. The Morgan fingerprint density at radius 3 is 2.05 bits per heavy atom. The van der Waals surface area contributed by atoms with Crippen molar-refractivity contribution in [2.24, 2.45) is 0 Å². The van der Waals surface area contributed by atoms with Crippen LogP contribution in [0, 0.1) is 0 Å². The van der Waals surface area contributed by atoms with Crippen LogP contribution in [0.2, 0.25) is 0 Å². The quantitative estimate of drug-likeness (QED) is 0.537. The third kappa shape index (κ3) is 10.7. The normalized spacial score (nSPS) is 18.3. The maximum absolute atomic E-state index is 10.6. The number of nitrogens with zero attached hydrogens (tertiary/aromatic N) is 3. The molecular weight excluding hydrogens is 536 g/mol. The van der Waals surface area contributed by atoms with Gasteiger partial charge >= 0.3 is 24.3 Å². The summed E-state index contributed by atoms with van der Waals surface area (Å²) in [6, 6.07) is 4.01. The van der Waals surface area contributed by atoms with Gasteiger partial charge in [0.1, 0.15) is 10.8 Å². The molecule has 2 N–H and O–H groups in total. The van der Waals surface area contributed by atoms with Crippen LogP contribution in [-0.4, -0.2) is 87.7 Å². The molecule has 4 rings (SSSR count). The maximum atomic E-state index is 10.6. The number of piperidine rings is 1. The van der Waals surface area contributed by atoms with Crippen molar-refractivity contribution in [3.63, 3.8) is 0 Å². The second-order valence-electron chi connectivity index (χ2n) is 8.13. The lowest BCUT2D eigenvalue weighted by Gasteiger charge is -2.47. The largest absolute Gasteiger partial charge is 0.490 e. The van der Waals surface area contributed by atoms with Crippen molar-refractivity contribution in [3.8, 4) is 0 Å². The number of ether oxygens (including phenoxy) is 1. The van der Waals surface area contributed by atoms with Crippen molar-refractivity contribution >= 4 is 23.3 Å². The molecule has 37 heavy (non-hydrogen) atoms. The third-order valence-electron chi connectivity index (χ3n) is 5.38. The van der Waals surface area contributed by atoms with Gasteiger partial charge in [-0.05, 0) is 25.0 Å².